The Hall–Kier alpha value is 0.210. The van der Waals surface area contributed by atoms with Crippen LogP contribution < -0.4 is 74.6 Å². The van der Waals surface area contributed by atoms with Crippen molar-refractivity contribution in [2.45, 2.75) is 45.3 Å². The van der Waals surface area contributed by atoms with Crippen LogP contribution in [0.1, 0.15) is 33.6 Å². The molecule has 0 spiro atoms. The Balaban J connectivity index is -0.00000128. The first-order valence-electron chi connectivity index (χ1n) is 5.02. The van der Waals surface area contributed by atoms with E-state index < -0.39 is 36.1 Å². The molecule has 0 fully saturated rings. The molecule has 0 bridgehead atoms. The third-order valence-electron chi connectivity index (χ3n) is 1.61. The fourth-order valence-corrected chi connectivity index (χ4v) is 0.961. The Kier molecular flexibility index (Phi) is 14.0. The molecule has 98 valence electrons. The summed E-state index contributed by atoms with van der Waals surface area (Å²) >= 11 is 0. The van der Waals surface area contributed by atoms with E-state index in [1.807, 2.05) is 5.32 Å². The molecule has 0 aliphatic carbocycles. The molecule has 1 atom stereocenters. The minimum absolute atomic E-state index is 0. The number of alkyl carbamates (subject to hydrolysis) is 1. The number of carbonyl (C=O) groups is 3. The average Bonchev–Trinajstić information content (AvgIpc) is 2.08. The Labute approximate surface area is 156 Å². The summed E-state index contributed by atoms with van der Waals surface area (Å²) in [4.78, 5) is 32.0. The van der Waals surface area contributed by atoms with E-state index in [9.17, 15) is 24.6 Å². The molecule has 0 aliphatic heterocycles. The molecule has 0 saturated carbocycles. The van der Waals surface area contributed by atoms with Crippen molar-refractivity contribution in [3.8, 4) is 0 Å². The van der Waals surface area contributed by atoms with Crippen molar-refractivity contribution in [2.24, 2.45) is 0 Å². The summed E-state index contributed by atoms with van der Waals surface area (Å²) in [6.45, 7) is 4.84. The van der Waals surface area contributed by atoms with Gasteiger partial charge in [0.15, 0.2) is 0 Å². The number of hydrogen-bond donors (Lipinski definition) is 1. The van der Waals surface area contributed by atoms with Crippen LogP contribution in [0.15, 0.2) is 0 Å². The zero-order chi connectivity index (χ0) is 13.6. The monoisotopic (exact) mass is 291 g/mol. The van der Waals surface area contributed by atoms with Crippen molar-refractivity contribution in [1.29, 1.82) is 0 Å². The zero-order valence-corrected chi connectivity index (χ0v) is 15.9. The molecule has 0 aromatic rings. The van der Waals surface area contributed by atoms with E-state index in [1.54, 1.807) is 20.8 Å². The molecule has 0 heterocycles. The molecule has 7 nitrogen and oxygen atoms in total. The Morgan fingerprint density at radius 3 is 1.95 bits per heavy atom. The minimum atomic E-state index is -1.57. The predicted molar refractivity (Wildman–Crippen MR) is 52.4 cm³/mol. The molecule has 9 heteroatoms. The summed E-state index contributed by atoms with van der Waals surface area (Å²) in [5, 5.41) is 22.8. The molecule has 19 heavy (non-hydrogen) atoms. The van der Waals surface area contributed by atoms with Gasteiger partial charge in [0.2, 0.25) is 0 Å². The van der Waals surface area contributed by atoms with Crippen LogP contribution >= 0.6 is 0 Å². The third-order valence-corrected chi connectivity index (χ3v) is 1.61. The van der Waals surface area contributed by atoms with Gasteiger partial charge in [-0.2, -0.15) is 0 Å². The predicted octanol–water partition coefficient (Wildman–Crippen LogP) is -7.83. The quantitative estimate of drug-likeness (QED) is 0.503. The summed E-state index contributed by atoms with van der Waals surface area (Å²) in [5.74, 6) is -2.97. The normalized spacial score (nSPS) is 11.3. The maximum atomic E-state index is 11.2. The molecular weight excluding hydrogens is 276 g/mol. The number of carboxylic acid groups (broad SMARTS) is 2. The number of ether oxygens (including phenoxy) is 1. The van der Waals surface area contributed by atoms with E-state index >= 15 is 0 Å². The van der Waals surface area contributed by atoms with Crippen LogP contribution in [0.4, 0.5) is 4.79 Å². The van der Waals surface area contributed by atoms with Gasteiger partial charge in [0.1, 0.15) is 5.60 Å². The van der Waals surface area contributed by atoms with E-state index in [0.717, 1.165) is 0 Å². The first kappa shape index (κ1) is 24.2. The largest absolute Gasteiger partial charge is 1.00 e. The van der Waals surface area contributed by atoms with Crippen molar-refractivity contribution >= 4 is 18.0 Å². The number of hydrogen-bond acceptors (Lipinski definition) is 6. The van der Waals surface area contributed by atoms with Crippen LogP contribution in [0.5, 0.6) is 0 Å². The molecule has 1 N–H and O–H groups in total. The smallest absolute Gasteiger partial charge is 0.550 e. The number of nitrogens with one attached hydrogen (secondary N) is 1. The molecule has 0 radical (unpaired) electrons. The molecule has 0 aromatic heterocycles. The topological polar surface area (TPSA) is 119 Å². The molecule has 0 unspecified atom stereocenters. The van der Waals surface area contributed by atoms with E-state index in [1.165, 1.54) is 0 Å². The Morgan fingerprint density at radius 1 is 1.16 bits per heavy atom. The second-order valence-electron chi connectivity index (χ2n) is 4.43. The average molecular weight is 291 g/mol. The van der Waals surface area contributed by atoms with Crippen molar-refractivity contribution in [1.82, 2.24) is 5.32 Å². The summed E-state index contributed by atoms with van der Waals surface area (Å²) in [5.41, 5.74) is -0.769. The SMILES string of the molecule is CC(C)(C)OC(=O)N[C@@H](CCC(=O)[O-])C(=O)[O-].[Na+].[Na+]. The van der Waals surface area contributed by atoms with Crippen LogP contribution in [0, 0.1) is 0 Å². The van der Waals surface area contributed by atoms with Crippen molar-refractivity contribution < 1.29 is 88.4 Å². The first-order chi connectivity index (χ1) is 7.61. The molecule has 0 rings (SSSR count). The number of carbonyl (C=O) groups excluding carboxylic acids is 3. The van der Waals surface area contributed by atoms with Gasteiger partial charge in [-0.3, -0.25) is 0 Å². The minimum Gasteiger partial charge on any atom is -0.550 e. The van der Waals surface area contributed by atoms with Crippen LogP contribution in [0.25, 0.3) is 0 Å². The summed E-state index contributed by atoms with van der Waals surface area (Å²) in [6.07, 6.45) is -1.75. The Bertz CT molecular complexity index is 316. The zero-order valence-electron chi connectivity index (χ0n) is 11.9. The van der Waals surface area contributed by atoms with Crippen LogP contribution in [0.2, 0.25) is 0 Å². The fraction of sp³-hybridized carbons (Fsp3) is 0.700. The van der Waals surface area contributed by atoms with Crippen molar-refractivity contribution in [2.75, 3.05) is 0 Å². The van der Waals surface area contributed by atoms with Gasteiger partial charge in [-0.15, -0.1) is 0 Å². The maximum Gasteiger partial charge on any atom is 1.00 e. The van der Waals surface area contributed by atoms with E-state index in [4.69, 9.17) is 4.74 Å². The van der Waals surface area contributed by atoms with Gasteiger partial charge >= 0.3 is 65.2 Å². The second-order valence-corrected chi connectivity index (χ2v) is 4.43. The van der Waals surface area contributed by atoms with Gasteiger partial charge in [0, 0.05) is 5.97 Å². The molecule has 1 amide bonds. The van der Waals surface area contributed by atoms with Crippen LogP contribution in [-0.2, 0) is 14.3 Å². The second kappa shape index (κ2) is 10.9. The molecule has 0 aromatic carbocycles. The molecule has 0 aliphatic rings. The third kappa shape index (κ3) is 14.4. The van der Waals surface area contributed by atoms with Gasteiger partial charge in [-0.25, -0.2) is 4.79 Å². The number of amides is 1. The van der Waals surface area contributed by atoms with Crippen molar-refractivity contribution in [3.63, 3.8) is 0 Å². The van der Waals surface area contributed by atoms with Gasteiger partial charge in [-0.1, -0.05) is 0 Å². The van der Waals surface area contributed by atoms with Gasteiger partial charge in [-0.05, 0) is 33.6 Å². The standard InChI is InChI=1S/C10H17NO6.2Na/c1-10(2,3)17-9(16)11-6(8(14)15)4-5-7(12)13;;/h6H,4-5H2,1-3H3,(H,11,16)(H,12,13)(H,14,15);;/q;2*+1/p-2/t6-;;/m0../s1. The van der Waals surface area contributed by atoms with E-state index in [-0.39, 0.29) is 65.5 Å². The van der Waals surface area contributed by atoms with Gasteiger partial charge in [0.25, 0.3) is 0 Å². The summed E-state index contributed by atoms with van der Waals surface area (Å²) < 4.78 is 4.82. The Morgan fingerprint density at radius 2 is 1.63 bits per heavy atom. The van der Waals surface area contributed by atoms with E-state index in [0.29, 0.717) is 0 Å². The number of carboxylic acids is 2. The van der Waals surface area contributed by atoms with Crippen LogP contribution in [-0.4, -0.2) is 29.7 Å². The maximum absolute atomic E-state index is 11.2. The summed E-state index contributed by atoms with van der Waals surface area (Å²) in [6, 6.07) is -1.41. The first-order valence-corrected chi connectivity index (χ1v) is 5.02. The summed E-state index contributed by atoms with van der Waals surface area (Å²) in [7, 11) is 0. The van der Waals surface area contributed by atoms with E-state index in [2.05, 4.69) is 0 Å². The van der Waals surface area contributed by atoms with Crippen LogP contribution in [0.3, 0.4) is 0 Å². The van der Waals surface area contributed by atoms with Gasteiger partial charge < -0.3 is 29.9 Å². The fourth-order valence-electron chi connectivity index (χ4n) is 0.961. The van der Waals surface area contributed by atoms with Crippen molar-refractivity contribution in [3.05, 3.63) is 0 Å². The number of rotatable bonds is 5. The molecule has 0 saturated heterocycles. The molecular formula is C10H15NNa2O6. The number of aliphatic carboxylic acids is 2. The van der Waals surface area contributed by atoms with Gasteiger partial charge in [0.05, 0.1) is 12.0 Å².